The van der Waals surface area contributed by atoms with E-state index in [9.17, 15) is 23.1 Å². The minimum absolute atomic E-state index is 0.0372. The zero-order valence-corrected chi connectivity index (χ0v) is 17.4. The summed E-state index contributed by atoms with van der Waals surface area (Å²) in [5, 5.41) is 10.5. The highest BCUT2D eigenvalue weighted by atomic mass is 19.4. The number of methoxy groups -OCH3 is 1. The highest BCUT2D eigenvalue weighted by Crippen LogP contribution is 2.47. The maximum Gasteiger partial charge on any atom is 0.416 e. The van der Waals surface area contributed by atoms with E-state index in [1.54, 1.807) is 0 Å². The number of hydrogen-bond donors (Lipinski definition) is 1. The Bertz CT molecular complexity index is 766. The third kappa shape index (κ3) is 5.53. The lowest BCUT2D eigenvalue weighted by Crippen LogP contribution is -2.22. The monoisotopic (exact) mass is 414 g/mol. The molecule has 0 spiro atoms. The average Bonchev–Trinajstić information content (AvgIpc) is 2.66. The molecule has 1 unspecified atom stereocenters. The van der Waals surface area contributed by atoms with Crippen LogP contribution in [0.25, 0.3) is 5.57 Å². The Morgan fingerprint density at radius 3 is 2.52 bits per heavy atom. The highest BCUT2D eigenvalue weighted by molar-refractivity contribution is 5.83. The zero-order chi connectivity index (χ0) is 21.8. The van der Waals surface area contributed by atoms with E-state index in [1.807, 2.05) is 13.0 Å². The van der Waals surface area contributed by atoms with Gasteiger partial charge in [0.15, 0.2) is 6.10 Å². The van der Waals surface area contributed by atoms with Crippen molar-refractivity contribution in [3.8, 4) is 5.75 Å². The van der Waals surface area contributed by atoms with Crippen LogP contribution in [-0.2, 0) is 15.7 Å². The van der Waals surface area contributed by atoms with Gasteiger partial charge >= 0.3 is 12.1 Å². The van der Waals surface area contributed by atoms with Crippen LogP contribution in [0.15, 0.2) is 18.2 Å². The van der Waals surface area contributed by atoms with E-state index in [-0.39, 0.29) is 16.7 Å². The molecule has 0 radical (unpaired) electrons. The van der Waals surface area contributed by atoms with Crippen LogP contribution in [0.5, 0.6) is 5.75 Å². The molecule has 0 fully saturated rings. The van der Waals surface area contributed by atoms with Gasteiger partial charge in [-0.1, -0.05) is 33.3 Å². The Morgan fingerprint density at radius 2 is 2.00 bits per heavy atom. The fourth-order valence-electron chi connectivity index (χ4n) is 3.44. The predicted molar refractivity (Wildman–Crippen MR) is 104 cm³/mol. The molecule has 1 N–H and O–H groups in total. The Kier molecular flexibility index (Phi) is 7.38. The molecule has 0 bridgehead atoms. The number of esters is 1. The zero-order valence-electron chi connectivity index (χ0n) is 17.4. The summed E-state index contributed by atoms with van der Waals surface area (Å²) in [7, 11) is 1.03. The summed E-state index contributed by atoms with van der Waals surface area (Å²) in [5.74, 6) is -0.894. The molecule has 2 rings (SSSR count). The second kappa shape index (κ2) is 9.20. The lowest BCUT2D eigenvalue weighted by Gasteiger charge is -2.31. The highest BCUT2D eigenvalue weighted by Gasteiger charge is 2.40. The number of allylic oxidation sites excluding steroid dienone is 2. The lowest BCUT2D eigenvalue weighted by molar-refractivity contribution is -0.152. The van der Waals surface area contributed by atoms with Crippen molar-refractivity contribution in [1.82, 2.24) is 0 Å². The topological polar surface area (TPSA) is 55.8 Å². The molecule has 0 amide bonds. The minimum Gasteiger partial charge on any atom is -0.493 e. The van der Waals surface area contributed by atoms with Crippen LogP contribution >= 0.6 is 0 Å². The van der Waals surface area contributed by atoms with E-state index in [2.05, 4.69) is 18.6 Å². The summed E-state index contributed by atoms with van der Waals surface area (Å²) in [6.45, 7) is 6.50. The van der Waals surface area contributed by atoms with Gasteiger partial charge in [0.05, 0.1) is 19.3 Å². The van der Waals surface area contributed by atoms with Crippen molar-refractivity contribution >= 4 is 11.5 Å². The molecule has 0 saturated carbocycles. The van der Waals surface area contributed by atoms with E-state index in [4.69, 9.17) is 4.74 Å². The second-order valence-electron chi connectivity index (χ2n) is 8.12. The van der Waals surface area contributed by atoms with Crippen LogP contribution in [0, 0.1) is 5.41 Å². The molecule has 1 atom stereocenters. The average molecular weight is 414 g/mol. The van der Waals surface area contributed by atoms with Crippen LogP contribution in [0.4, 0.5) is 13.2 Å². The molecular formula is C22H29F3O4. The van der Waals surface area contributed by atoms with Crippen LogP contribution < -0.4 is 4.74 Å². The first-order valence-corrected chi connectivity index (χ1v) is 9.84. The standard InChI is InChI=1S/C22H29F3O4/c1-5-6-13-29-16-8-7-15(22(23,24)25)18(19(26)20(27)28-4)17(16)14-9-11-21(2,3)12-10-14/h7-9,19,26H,5-6,10-13H2,1-4H3. The number of aliphatic hydroxyl groups is 1. The van der Waals surface area contributed by atoms with Crippen molar-refractivity contribution < 1.29 is 32.5 Å². The van der Waals surface area contributed by atoms with E-state index in [0.29, 0.717) is 25.0 Å². The maximum absolute atomic E-state index is 13.8. The van der Waals surface area contributed by atoms with Gasteiger partial charge in [0.25, 0.3) is 0 Å². The fourth-order valence-corrected chi connectivity index (χ4v) is 3.44. The summed E-state index contributed by atoms with van der Waals surface area (Å²) in [6, 6.07) is 2.14. The molecule has 0 heterocycles. The van der Waals surface area contributed by atoms with E-state index >= 15 is 0 Å². The van der Waals surface area contributed by atoms with Gasteiger partial charge in [0, 0.05) is 11.1 Å². The van der Waals surface area contributed by atoms with Gasteiger partial charge in [-0.3, -0.25) is 0 Å². The van der Waals surface area contributed by atoms with Crippen LogP contribution in [-0.4, -0.2) is 24.8 Å². The molecule has 1 aromatic rings. The molecule has 0 saturated heterocycles. The molecular weight excluding hydrogens is 385 g/mol. The molecule has 0 aromatic heterocycles. The fraction of sp³-hybridized carbons (Fsp3) is 0.591. The summed E-state index contributed by atoms with van der Waals surface area (Å²) in [4.78, 5) is 12.0. The summed E-state index contributed by atoms with van der Waals surface area (Å²) in [6.07, 6.45) is -1.32. The van der Waals surface area contributed by atoms with Gasteiger partial charge in [-0.05, 0) is 48.8 Å². The molecule has 1 aliphatic rings. The molecule has 29 heavy (non-hydrogen) atoms. The Balaban J connectivity index is 2.71. The van der Waals surface area contributed by atoms with Crippen molar-refractivity contribution in [1.29, 1.82) is 0 Å². The predicted octanol–water partition coefficient (Wildman–Crippen LogP) is 5.68. The number of ether oxygens (including phenoxy) is 2. The SMILES string of the molecule is CCCCOc1ccc(C(F)(F)F)c(C(O)C(=O)OC)c1C1=CCC(C)(C)CC1. The van der Waals surface area contributed by atoms with Crippen molar-refractivity contribution in [2.24, 2.45) is 5.41 Å². The van der Waals surface area contributed by atoms with E-state index in [1.165, 1.54) is 6.07 Å². The van der Waals surface area contributed by atoms with E-state index < -0.39 is 29.4 Å². The molecule has 162 valence electrons. The molecule has 0 aliphatic heterocycles. The van der Waals surface area contributed by atoms with Crippen molar-refractivity contribution in [2.75, 3.05) is 13.7 Å². The van der Waals surface area contributed by atoms with Gasteiger partial charge in [-0.15, -0.1) is 0 Å². The van der Waals surface area contributed by atoms with Crippen LogP contribution in [0.3, 0.4) is 0 Å². The number of benzene rings is 1. The van der Waals surface area contributed by atoms with Gasteiger partial charge in [0.2, 0.25) is 0 Å². The quantitative estimate of drug-likeness (QED) is 0.460. The van der Waals surface area contributed by atoms with Crippen LogP contribution in [0.2, 0.25) is 0 Å². The third-order valence-electron chi connectivity index (χ3n) is 5.26. The minimum atomic E-state index is -4.74. The number of carbonyl (C=O) groups excluding carboxylic acids is 1. The number of hydrogen-bond acceptors (Lipinski definition) is 4. The second-order valence-corrected chi connectivity index (χ2v) is 8.12. The van der Waals surface area contributed by atoms with Gasteiger partial charge in [-0.2, -0.15) is 13.2 Å². The summed E-state index contributed by atoms with van der Waals surface area (Å²) >= 11 is 0. The number of carbonyl (C=O) groups is 1. The molecule has 4 nitrogen and oxygen atoms in total. The molecule has 7 heteroatoms. The first-order chi connectivity index (χ1) is 13.5. The maximum atomic E-state index is 13.8. The van der Waals surface area contributed by atoms with Gasteiger partial charge in [0.1, 0.15) is 5.75 Å². The smallest absolute Gasteiger partial charge is 0.416 e. The van der Waals surface area contributed by atoms with Gasteiger partial charge < -0.3 is 14.6 Å². The third-order valence-corrected chi connectivity index (χ3v) is 5.26. The lowest BCUT2D eigenvalue weighted by atomic mass is 9.75. The Labute approximate surface area is 169 Å². The molecule has 1 aromatic carbocycles. The summed E-state index contributed by atoms with van der Waals surface area (Å²) in [5.41, 5.74) is -0.706. The van der Waals surface area contributed by atoms with Crippen molar-refractivity contribution in [3.63, 3.8) is 0 Å². The Morgan fingerprint density at radius 1 is 1.31 bits per heavy atom. The van der Waals surface area contributed by atoms with Crippen LogP contribution in [0.1, 0.15) is 75.7 Å². The normalized spacial score (nSPS) is 17.4. The number of unbranched alkanes of at least 4 members (excludes halogenated alkanes) is 1. The van der Waals surface area contributed by atoms with Crippen molar-refractivity contribution in [3.05, 3.63) is 34.9 Å². The van der Waals surface area contributed by atoms with Gasteiger partial charge in [-0.25, -0.2) is 4.79 Å². The largest absolute Gasteiger partial charge is 0.493 e. The number of alkyl halides is 3. The number of rotatable bonds is 7. The number of aliphatic hydroxyl groups excluding tert-OH is 1. The Hall–Kier alpha value is -2.02. The van der Waals surface area contributed by atoms with E-state index in [0.717, 1.165) is 32.4 Å². The first kappa shape index (κ1) is 23.3. The number of halogens is 3. The summed E-state index contributed by atoms with van der Waals surface area (Å²) < 4.78 is 51.6. The van der Waals surface area contributed by atoms with Crippen molar-refractivity contribution in [2.45, 2.75) is 65.2 Å². The molecule has 1 aliphatic carbocycles. The first-order valence-electron chi connectivity index (χ1n) is 9.84.